The van der Waals surface area contributed by atoms with Crippen LogP contribution < -0.4 is 0 Å². The van der Waals surface area contributed by atoms with E-state index in [4.69, 9.17) is 23.7 Å². The number of carbonyl (C=O) groups excluding carboxylic acids is 4. The van der Waals surface area contributed by atoms with Crippen LogP contribution >= 0.6 is 0 Å². The number of ether oxygens (including phenoxy) is 5. The number of benzene rings is 2. The molecule has 1 aliphatic heterocycles. The van der Waals surface area contributed by atoms with Gasteiger partial charge >= 0.3 is 23.9 Å². The Labute approximate surface area is 244 Å². The van der Waals surface area contributed by atoms with E-state index in [2.05, 4.69) is 0 Å². The fourth-order valence-electron chi connectivity index (χ4n) is 5.12. The summed E-state index contributed by atoms with van der Waals surface area (Å²) in [5, 5.41) is 0.188. The predicted molar refractivity (Wildman–Crippen MR) is 143 cm³/mol. The second-order valence-corrected chi connectivity index (χ2v) is 10.0. The molecule has 43 heavy (non-hydrogen) atoms. The van der Waals surface area contributed by atoms with E-state index in [9.17, 15) is 28.0 Å². The lowest BCUT2D eigenvalue weighted by atomic mass is 9.97. The van der Waals surface area contributed by atoms with Gasteiger partial charge in [-0.2, -0.15) is 0 Å². The largest absolute Gasteiger partial charge is 0.463 e. The number of nitrogens with zero attached hydrogens (tertiary/aromatic N) is 1. The SMILES string of the molecule is CC(=O)OC[C@H]1O[C@@H](n2cc(Cc3ccc(C(F)F)cc3)c3c(F)cccc32)[C@H](OC(C)=O)[C@@H](OC(C)=O)[C@@H]1OC(C)=O. The van der Waals surface area contributed by atoms with Crippen molar-refractivity contribution in [2.24, 2.45) is 0 Å². The number of carbonyl (C=O) groups is 4. The molecule has 0 aliphatic carbocycles. The Morgan fingerprint density at radius 2 is 1.44 bits per heavy atom. The topological polar surface area (TPSA) is 119 Å². The van der Waals surface area contributed by atoms with Crippen molar-refractivity contribution in [2.75, 3.05) is 6.61 Å². The number of rotatable bonds is 9. The summed E-state index contributed by atoms with van der Waals surface area (Å²) in [7, 11) is 0. The minimum Gasteiger partial charge on any atom is -0.463 e. The Kier molecular flexibility index (Phi) is 9.74. The molecule has 230 valence electrons. The fourth-order valence-corrected chi connectivity index (χ4v) is 5.12. The predicted octanol–water partition coefficient (Wildman–Crippen LogP) is 4.56. The third-order valence-electron chi connectivity index (χ3n) is 6.75. The first kappa shape index (κ1) is 31.5. The molecular weight excluding hydrogens is 575 g/mol. The molecule has 0 saturated carbocycles. The fraction of sp³-hybridized carbons (Fsp3) is 0.400. The van der Waals surface area contributed by atoms with Crippen molar-refractivity contribution in [2.45, 2.75) is 71.2 Å². The van der Waals surface area contributed by atoms with Crippen LogP contribution in [0.4, 0.5) is 13.2 Å². The number of fused-ring (bicyclic) bond motifs is 1. The lowest BCUT2D eigenvalue weighted by molar-refractivity contribution is -0.267. The van der Waals surface area contributed by atoms with Crippen molar-refractivity contribution < 1.29 is 56.0 Å². The molecule has 1 aromatic heterocycles. The summed E-state index contributed by atoms with van der Waals surface area (Å²) in [6.07, 6.45) is -7.62. The Balaban J connectivity index is 1.85. The Morgan fingerprint density at radius 3 is 2.02 bits per heavy atom. The average Bonchev–Trinajstić information content (AvgIpc) is 3.28. The molecular formula is C30H30F3NO9. The third kappa shape index (κ3) is 7.34. The molecule has 1 aliphatic rings. The van der Waals surface area contributed by atoms with Gasteiger partial charge in [0.05, 0.1) is 5.52 Å². The summed E-state index contributed by atoms with van der Waals surface area (Å²) >= 11 is 0. The van der Waals surface area contributed by atoms with Gasteiger partial charge in [-0.15, -0.1) is 0 Å². The molecule has 0 bridgehead atoms. The van der Waals surface area contributed by atoms with E-state index in [-0.39, 0.29) is 17.4 Å². The van der Waals surface area contributed by atoms with Crippen LogP contribution in [0.2, 0.25) is 0 Å². The van der Waals surface area contributed by atoms with Gasteiger partial charge in [-0.3, -0.25) is 19.2 Å². The summed E-state index contributed by atoms with van der Waals surface area (Å²) in [6.45, 7) is 4.08. The smallest absolute Gasteiger partial charge is 0.303 e. The second kappa shape index (κ2) is 13.3. The van der Waals surface area contributed by atoms with Crippen LogP contribution in [0.15, 0.2) is 48.7 Å². The normalized spacial score (nSPS) is 21.8. The van der Waals surface area contributed by atoms with Gasteiger partial charge in [0.25, 0.3) is 6.43 Å². The van der Waals surface area contributed by atoms with Crippen molar-refractivity contribution in [3.63, 3.8) is 0 Å². The quantitative estimate of drug-likeness (QED) is 0.255. The van der Waals surface area contributed by atoms with E-state index >= 15 is 4.39 Å². The van der Waals surface area contributed by atoms with Crippen molar-refractivity contribution in [3.05, 3.63) is 71.2 Å². The minimum atomic E-state index is -2.64. The lowest BCUT2D eigenvalue weighted by Crippen LogP contribution is -2.60. The Bertz CT molecular complexity index is 1500. The van der Waals surface area contributed by atoms with E-state index in [1.54, 1.807) is 12.3 Å². The molecule has 13 heteroatoms. The number of hydrogen-bond donors (Lipinski definition) is 0. The van der Waals surface area contributed by atoms with Crippen LogP contribution in [0.3, 0.4) is 0 Å². The molecule has 1 fully saturated rings. The van der Waals surface area contributed by atoms with E-state index < -0.39 is 73.4 Å². The second-order valence-electron chi connectivity index (χ2n) is 10.0. The summed E-state index contributed by atoms with van der Waals surface area (Å²) in [5.74, 6) is -3.59. The third-order valence-corrected chi connectivity index (χ3v) is 6.75. The summed E-state index contributed by atoms with van der Waals surface area (Å²) < 4.78 is 70.8. The van der Waals surface area contributed by atoms with E-state index in [0.717, 1.165) is 27.7 Å². The summed E-state index contributed by atoms with van der Waals surface area (Å²) in [4.78, 5) is 48.1. The molecule has 2 aromatic carbocycles. The first-order valence-electron chi connectivity index (χ1n) is 13.3. The zero-order valence-corrected chi connectivity index (χ0v) is 23.8. The summed E-state index contributed by atoms with van der Waals surface area (Å²) in [5.41, 5.74) is 1.22. The van der Waals surface area contributed by atoms with Gasteiger partial charge in [0.1, 0.15) is 18.5 Å². The van der Waals surface area contributed by atoms with Crippen LogP contribution in [0, 0.1) is 5.82 Å². The highest BCUT2D eigenvalue weighted by Gasteiger charge is 2.53. The van der Waals surface area contributed by atoms with Gasteiger partial charge in [0, 0.05) is 44.8 Å². The van der Waals surface area contributed by atoms with Crippen LogP contribution in [0.1, 0.15) is 57.0 Å². The van der Waals surface area contributed by atoms with Gasteiger partial charge in [-0.1, -0.05) is 30.3 Å². The zero-order valence-electron chi connectivity index (χ0n) is 23.8. The summed E-state index contributed by atoms with van der Waals surface area (Å²) in [6, 6.07) is 9.91. The van der Waals surface area contributed by atoms with Crippen LogP contribution in [0.5, 0.6) is 0 Å². The molecule has 0 N–H and O–H groups in total. The highest BCUT2D eigenvalue weighted by atomic mass is 19.3. The first-order valence-corrected chi connectivity index (χ1v) is 13.3. The van der Waals surface area contributed by atoms with Gasteiger partial charge < -0.3 is 28.3 Å². The number of alkyl halides is 2. The molecule has 1 saturated heterocycles. The van der Waals surface area contributed by atoms with Crippen LogP contribution in [-0.4, -0.2) is 59.5 Å². The van der Waals surface area contributed by atoms with Crippen molar-refractivity contribution >= 4 is 34.8 Å². The number of halogens is 3. The number of hydrogen-bond acceptors (Lipinski definition) is 9. The highest BCUT2D eigenvalue weighted by Crippen LogP contribution is 2.38. The highest BCUT2D eigenvalue weighted by molar-refractivity contribution is 5.85. The first-order chi connectivity index (χ1) is 20.3. The number of aromatic nitrogens is 1. The Hall–Kier alpha value is -4.39. The number of esters is 4. The zero-order chi connectivity index (χ0) is 31.4. The standard InChI is InChI=1S/C30H30F3NO9/c1-15(35)39-14-24-26(40-16(2)36)27(41-17(3)37)28(42-18(4)38)30(43-24)34-13-21(25-22(31)6-5-7-23(25)34)12-19-8-10-20(11-9-19)29(32)33/h5-11,13,24,26-30H,12,14H2,1-4H3/t24-,26-,27+,28-,30-/m1/s1. The Morgan fingerprint density at radius 1 is 0.837 bits per heavy atom. The average molecular weight is 606 g/mol. The molecule has 10 nitrogen and oxygen atoms in total. The van der Waals surface area contributed by atoms with Gasteiger partial charge in [-0.05, 0) is 29.7 Å². The minimum absolute atomic E-state index is 0.138. The molecule has 5 atom stereocenters. The van der Waals surface area contributed by atoms with Gasteiger partial charge in [-0.25, -0.2) is 13.2 Å². The van der Waals surface area contributed by atoms with Crippen molar-refractivity contribution in [1.82, 2.24) is 4.57 Å². The molecule has 0 amide bonds. The molecule has 2 heterocycles. The van der Waals surface area contributed by atoms with E-state index in [0.29, 0.717) is 16.6 Å². The lowest BCUT2D eigenvalue weighted by Gasteiger charge is -2.44. The molecule has 4 rings (SSSR count). The maximum Gasteiger partial charge on any atom is 0.303 e. The molecule has 0 unspecified atom stereocenters. The van der Waals surface area contributed by atoms with Crippen LogP contribution in [-0.2, 0) is 49.3 Å². The van der Waals surface area contributed by atoms with Gasteiger partial charge in [0.2, 0.25) is 0 Å². The monoisotopic (exact) mass is 605 g/mol. The van der Waals surface area contributed by atoms with Gasteiger partial charge in [0.15, 0.2) is 24.5 Å². The van der Waals surface area contributed by atoms with E-state index in [1.165, 1.54) is 41.0 Å². The maximum absolute atomic E-state index is 15.3. The molecule has 0 radical (unpaired) electrons. The van der Waals surface area contributed by atoms with Crippen molar-refractivity contribution in [1.29, 1.82) is 0 Å². The molecule has 0 spiro atoms. The van der Waals surface area contributed by atoms with E-state index in [1.807, 2.05) is 0 Å². The van der Waals surface area contributed by atoms with Crippen LogP contribution in [0.25, 0.3) is 10.9 Å². The maximum atomic E-state index is 15.3. The van der Waals surface area contributed by atoms with Crippen molar-refractivity contribution in [3.8, 4) is 0 Å². The molecule has 3 aromatic rings.